The van der Waals surface area contributed by atoms with E-state index in [1.165, 1.54) is 16.6 Å². The molecule has 1 heterocycles. The molecule has 0 bridgehead atoms. The zero-order chi connectivity index (χ0) is 14.6. The SMILES string of the molecule is CSCCC(C)N(C)S(=O)(=O)c1cnc(Cl)c(Cl)c1. The Balaban J connectivity index is 2.99. The monoisotopic (exact) mass is 342 g/mol. The number of thioether (sulfide) groups is 1. The number of halogens is 2. The molecule has 0 aromatic carbocycles. The van der Waals surface area contributed by atoms with Crippen LogP contribution >= 0.6 is 35.0 Å². The molecule has 0 radical (unpaired) electrons. The minimum Gasteiger partial charge on any atom is -0.242 e. The Morgan fingerprint density at radius 2 is 2.11 bits per heavy atom. The maximum atomic E-state index is 12.4. The molecule has 1 atom stereocenters. The molecule has 0 fully saturated rings. The summed E-state index contributed by atoms with van der Waals surface area (Å²) in [6, 6.07) is 1.23. The molecule has 1 rings (SSSR count). The molecule has 8 heteroatoms. The molecule has 4 nitrogen and oxygen atoms in total. The summed E-state index contributed by atoms with van der Waals surface area (Å²) in [7, 11) is -2.03. The summed E-state index contributed by atoms with van der Waals surface area (Å²) in [5, 5.41) is 0.228. The molecular formula is C11H16Cl2N2O2S2. The fraction of sp³-hybridized carbons (Fsp3) is 0.545. The molecule has 19 heavy (non-hydrogen) atoms. The van der Waals surface area contributed by atoms with Crippen molar-refractivity contribution < 1.29 is 8.42 Å². The van der Waals surface area contributed by atoms with E-state index in [9.17, 15) is 8.42 Å². The van der Waals surface area contributed by atoms with Crippen LogP contribution in [0.25, 0.3) is 0 Å². The second-order valence-electron chi connectivity index (χ2n) is 4.10. The van der Waals surface area contributed by atoms with Crippen LogP contribution in [-0.2, 0) is 10.0 Å². The van der Waals surface area contributed by atoms with Gasteiger partial charge in [0.2, 0.25) is 10.0 Å². The summed E-state index contributed by atoms with van der Waals surface area (Å²) in [5.41, 5.74) is 0. The van der Waals surface area contributed by atoms with E-state index < -0.39 is 10.0 Å². The van der Waals surface area contributed by atoms with E-state index in [0.29, 0.717) is 0 Å². The molecule has 1 aromatic rings. The van der Waals surface area contributed by atoms with Crippen LogP contribution in [0.3, 0.4) is 0 Å². The van der Waals surface area contributed by atoms with Crippen molar-refractivity contribution in [2.24, 2.45) is 0 Å². The van der Waals surface area contributed by atoms with Crippen LogP contribution in [0.1, 0.15) is 13.3 Å². The number of sulfonamides is 1. The predicted molar refractivity (Wildman–Crippen MR) is 81.7 cm³/mol. The Morgan fingerprint density at radius 1 is 1.47 bits per heavy atom. The molecule has 1 unspecified atom stereocenters. The Kier molecular flexibility index (Phi) is 6.39. The van der Waals surface area contributed by atoms with E-state index in [2.05, 4.69) is 4.98 Å². The molecule has 0 spiro atoms. The summed E-state index contributed by atoms with van der Waals surface area (Å²) in [6.45, 7) is 1.87. The average molecular weight is 343 g/mol. The lowest BCUT2D eigenvalue weighted by Gasteiger charge is -2.24. The van der Waals surface area contributed by atoms with Crippen molar-refractivity contribution in [2.45, 2.75) is 24.3 Å². The van der Waals surface area contributed by atoms with Gasteiger partial charge in [0, 0.05) is 19.3 Å². The van der Waals surface area contributed by atoms with Gasteiger partial charge < -0.3 is 0 Å². The van der Waals surface area contributed by atoms with E-state index in [1.807, 2.05) is 13.2 Å². The van der Waals surface area contributed by atoms with Crippen LogP contribution in [0.4, 0.5) is 0 Å². The van der Waals surface area contributed by atoms with Gasteiger partial charge in [-0.3, -0.25) is 0 Å². The van der Waals surface area contributed by atoms with Gasteiger partial charge in [-0.05, 0) is 31.4 Å². The van der Waals surface area contributed by atoms with Gasteiger partial charge >= 0.3 is 0 Å². The number of pyridine rings is 1. The molecule has 0 aliphatic heterocycles. The lowest BCUT2D eigenvalue weighted by atomic mass is 10.3. The fourth-order valence-electron chi connectivity index (χ4n) is 1.42. The van der Waals surface area contributed by atoms with Crippen LogP contribution in [-0.4, -0.2) is 42.8 Å². The largest absolute Gasteiger partial charge is 0.244 e. The summed E-state index contributed by atoms with van der Waals surface area (Å²) in [6.07, 6.45) is 4.00. The van der Waals surface area contributed by atoms with Crippen LogP contribution < -0.4 is 0 Å². The van der Waals surface area contributed by atoms with Crippen molar-refractivity contribution in [1.82, 2.24) is 9.29 Å². The molecule has 0 saturated heterocycles. The molecule has 0 amide bonds. The molecule has 0 N–H and O–H groups in total. The highest BCUT2D eigenvalue weighted by atomic mass is 35.5. The summed E-state index contributed by atoms with van der Waals surface area (Å²) < 4.78 is 26.1. The first-order chi connectivity index (χ1) is 8.80. The molecule has 0 saturated carbocycles. The topological polar surface area (TPSA) is 50.3 Å². The number of aromatic nitrogens is 1. The van der Waals surface area contributed by atoms with Crippen LogP contribution in [0.2, 0.25) is 10.2 Å². The standard InChI is InChI=1S/C11H16Cl2N2O2S2/c1-8(4-5-18-3)15(2)19(16,17)9-6-10(12)11(13)14-7-9/h6-8H,4-5H2,1-3H3. The van der Waals surface area contributed by atoms with Gasteiger partial charge in [-0.25, -0.2) is 13.4 Å². The Bertz CT molecular complexity index is 537. The lowest BCUT2D eigenvalue weighted by molar-refractivity contribution is 0.382. The van der Waals surface area contributed by atoms with E-state index in [0.717, 1.165) is 12.2 Å². The summed E-state index contributed by atoms with van der Waals surface area (Å²) in [4.78, 5) is 3.83. The molecule has 0 aliphatic rings. The third-order valence-corrected chi connectivity index (χ3v) is 6.08. The number of hydrogen-bond acceptors (Lipinski definition) is 4. The van der Waals surface area contributed by atoms with Gasteiger partial charge in [-0.15, -0.1) is 0 Å². The van der Waals surface area contributed by atoms with Gasteiger partial charge in [-0.1, -0.05) is 23.2 Å². The lowest BCUT2D eigenvalue weighted by Crippen LogP contribution is -2.35. The molecule has 1 aromatic heterocycles. The van der Waals surface area contributed by atoms with Crippen molar-refractivity contribution in [3.05, 3.63) is 22.4 Å². The fourth-order valence-corrected chi connectivity index (χ4v) is 3.69. The number of hydrogen-bond donors (Lipinski definition) is 0. The highest BCUT2D eigenvalue weighted by molar-refractivity contribution is 7.98. The maximum absolute atomic E-state index is 12.4. The Labute approximate surface area is 128 Å². The van der Waals surface area contributed by atoms with E-state index >= 15 is 0 Å². The van der Waals surface area contributed by atoms with Crippen molar-refractivity contribution in [3.8, 4) is 0 Å². The maximum Gasteiger partial charge on any atom is 0.244 e. The van der Waals surface area contributed by atoms with Gasteiger partial charge in [0.25, 0.3) is 0 Å². The van der Waals surface area contributed by atoms with Crippen LogP contribution in [0.5, 0.6) is 0 Å². The highest BCUT2D eigenvalue weighted by Gasteiger charge is 2.26. The van der Waals surface area contributed by atoms with E-state index in [4.69, 9.17) is 23.2 Å². The van der Waals surface area contributed by atoms with Crippen LogP contribution in [0.15, 0.2) is 17.2 Å². The van der Waals surface area contributed by atoms with Gasteiger partial charge in [-0.2, -0.15) is 16.1 Å². The third-order valence-electron chi connectivity index (χ3n) is 2.81. The smallest absolute Gasteiger partial charge is 0.242 e. The normalized spacial score (nSPS) is 13.8. The first kappa shape index (κ1) is 17.0. The minimum absolute atomic E-state index is 0.0559. The third kappa shape index (κ3) is 4.23. The second-order valence-corrected chi connectivity index (χ2v) is 7.84. The molecular weight excluding hydrogens is 327 g/mol. The zero-order valence-electron chi connectivity index (χ0n) is 10.9. The average Bonchev–Trinajstić information content (AvgIpc) is 2.37. The first-order valence-corrected chi connectivity index (χ1v) is 9.17. The molecule has 108 valence electrons. The predicted octanol–water partition coefficient (Wildman–Crippen LogP) is 3.15. The van der Waals surface area contributed by atoms with Gasteiger partial charge in [0.05, 0.1) is 5.02 Å². The van der Waals surface area contributed by atoms with E-state index in [-0.39, 0.29) is 21.1 Å². The van der Waals surface area contributed by atoms with Gasteiger partial charge in [0.1, 0.15) is 10.0 Å². The first-order valence-electron chi connectivity index (χ1n) is 5.58. The zero-order valence-corrected chi connectivity index (χ0v) is 14.1. The number of nitrogens with zero attached hydrogens (tertiary/aromatic N) is 2. The summed E-state index contributed by atoms with van der Waals surface area (Å²) in [5.74, 6) is 0.903. The van der Waals surface area contributed by atoms with Gasteiger partial charge in [0.15, 0.2) is 0 Å². The Hall–Kier alpha value is -0.0100. The summed E-state index contributed by atoms with van der Waals surface area (Å²) >= 11 is 13.2. The van der Waals surface area contributed by atoms with Crippen molar-refractivity contribution in [1.29, 1.82) is 0 Å². The molecule has 0 aliphatic carbocycles. The van der Waals surface area contributed by atoms with Crippen molar-refractivity contribution in [3.63, 3.8) is 0 Å². The second kappa shape index (κ2) is 7.13. The van der Waals surface area contributed by atoms with Crippen molar-refractivity contribution >= 4 is 45.0 Å². The quantitative estimate of drug-likeness (QED) is 0.745. The van der Waals surface area contributed by atoms with E-state index in [1.54, 1.807) is 18.8 Å². The highest BCUT2D eigenvalue weighted by Crippen LogP contribution is 2.25. The number of rotatable bonds is 6. The van der Waals surface area contributed by atoms with Crippen LogP contribution in [0, 0.1) is 0 Å². The minimum atomic E-state index is -3.59. The van der Waals surface area contributed by atoms with Crippen molar-refractivity contribution in [2.75, 3.05) is 19.1 Å². The Morgan fingerprint density at radius 3 is 2.63 bits per heavy atom.